The Bertz CT molecular complexity index is 889. The molecule has 7 nitrogen and oxygen atoms in total. The van der Waals surface area contributed by atoms with Crippen LogP contribution in [0.1, 0.15) is 35.3 Å². The average molecular weight is 381 g/mol. The van der Waals surface area contributed by atoms with Gasteiger partial charge in [0.2, 0.25) is 5.91 Å². The Hall–Kier alpha value is -3.48. The van der Waals surface area contributed by atoms with Crippen LogP contribution in [0.15, 0.2) is 54.6 Å². The van der Waals surface area contributed by atoms with Gasteiger partial charge in [0, 0.05) is 37.3 Å². The van der Waals surface area contributed by atoms with E-state index in [9.17, 15) is 19.7 Å². The smallest absolute Gasteiger partial charge is 0.276 e. The predicted octanol–water partition coefficient (Wildman–Crippen LogP) is 3.40. The molecule has 0 aliphatic rings. The van der Waals surface area contributed by atoms with E-state index >= 15 is 0 Å². The summed E-state index contributed by atoms with van der Waals surface area (Å²) in [5.41, 5.74) is 1.73. The van der Waals surface area contributed by atoms with Crippen molar-refractivity contribution in [3.05, 3.63) is 81.4 Å². The fourth-order valence-electron chi connectivity index (χ4n) is 2.41. The lowest BCUT2D eigenvalue weighted by molar-refractivity contribution is -0.385. The highest BCUT2D eigenvalue weighted by Gasteiger charge is 2.14. The Kier molecular flexibility index (Phi) is 7.03. The first kappa shape index (κ1) is 20.8. The van der Waals surface area contributed by atoms with Gasteiger partial charge in [-0.3, -0.25) is 19.7 Å². The number of benzene rings is 2. The van der Waals surface area contributed by atoms with Crippen LogP contribution < -0.4 is 5.32 Å². The molecule has 0 atom stereocenters. The predicted molar refractivity (Wildman–Crippen MR) is 108 cm³/mol. The van der Waals surface area contributed by atoms with Crippen LogP contribution in [0.5, 0.6) is 0 Å². The molecule has 0 unspecified atom stereocenters. The average Bonchev–Trinajstić information content (AvgIpc) is 2.70. The van der Waals surface area contributed by atoms with E-state index in [2.05, 4.69) is 5.32 Å². The molecule has 0 fully saturated rings. The number of rotatable bonds is 7. The molecule has 2 rings (SSSR count). The summed E-state index contributed by atoms with van der Waals surface area (Å²) in [5.74, 6) is -0.421. The third-order valence-corrected chi connectivity index (χ3v) is 4.31. The van der Waals surface area contributed by atoms with E-state index in [0.29, 0.717) is 11.1 Å². The fourth-order valence-corrected chi connectivity index (χ4v) is 2.41. The largest absolute Gasteiger partial charge is 0.348 e. The van der Waals surface area contributed by atoms with E-state index < -0.39 is 4.92 Å². The zero-order valence-electron chi connectivity index (χ0n) is 16.1. The maximum atomic E-state index is 12.3. The quantitative estimate of drug-likeness (QED) is 0.452. The summed E-state index contributed by atoms with van der Waals surface area (Å²) in [4.78, 5) is 36.4. The second kappa shape index (κ2) is 9.45. The van der Waals surface area contributed by atoms with E-state index in [1.54, 1.807) is 54.4 Å². The van der Waals surface area contributed by atoms with Crippen LogP contribution in [-0.4, -0.2) is 34.7 Å². The van der Waals surface area contributed by atoms with Crippen molar-refractivity contribution in [2.45, 2.75) is 26.4 Å². The van der Waals surface area contributed by atoms with Crippen molar-refractivity contribution in [2.75, 3.05) is 7.05 Å². The molecule has 28 heavy (non-hydrogen) atoms. The Morgan fingerprint density at radius 2 is 1.79 bits per heavy atom. The second-order valence-electron chi connectivity index (χ2n) is 6.57. The number of carbonyl (C=O) groups is 2. The molecule has 2 amide bonds. The molecule has 0 aliphatic heterocycles. The molecule has 2 aromatic carbocycles. The van der Waals surface area contributed by atoms with Crippen molar-refractivity contribution in [1.82, 2.24) is 10.2 Å². The lowest BCUT2D eigenvalue weighted by Crippen LogP contribution is -2.32. The normalized spacial score (nSPS) is 10.9. The van der Waals surface area contributed by atoms with Crippen LogP contribution in [0.3, 0.4) is 0 Å². The van der Waals surface area contributed by atoms with Gasteiger partial charge >= 0.3 is 0 Å². The summed E-state index contributed by atoms with van der Waals surface area (Å²) in [7, 11) is 1.75. The van der Waals surface area contributed by atoms with Gasteiger partial charge in [0.15, 0.2) is 0 Å². The number of carbonyl (C=O) groups excluding carboxylic acids is 2. The summed E-state index contributed by atoms with van der Waals surface area (Å²) in [6.45, 7) is 4.17. The number of nitro groups is 1. The Morgan fingerprint density at radius 1 is 1.14 bits per heavy atom. The standard InChI is InChI=1S/C21H23N3O4/c1-15(2)23(3)21(26)18-10-8-16(9-11-18)14-22-20(25)13-12-17-6-4-5-7-19(17)24(27)28/h4-13,15H,14H2,1-3H3,(H,22,25)/b13-12+. The van der Waals surface area contributed by atoms with Crippen molar-refractivity contribution < 1.29 is 14.5 Å². The number of hydrogen-bond acceptors (Lipinski definition) is 4. The number of nitrogens with zero attached hydrogens (tertiary/aromatic N) is 2. The maximum Gasteiger partial charge on any atom is 0.276 e. The summed E-state index contributed by atoms with van der Waals surface area (Å²) < 4.78 is 0. The Morgan fingerprint density at radius 3 is 2.39 bits per heavy atom. The minimum absolute atomic E-state index is 0.0572. The molecule has 2 aromatic rings. The number of nitro benzene ring substituents is 1. The highest BCUT2D eigenvalue weighted by molar-refractivity contribution is 5.94. The summed E-state index contributed by atoms with van der Waals surface area (Å²) in [5, 5.41) is 13.7. The van der Waals surface area contributed by atoms with Gasteiger partial charge in [-0.25, -0.2) is 0 Å². The minimum atomic E-state index is -0.489. The van der Waals surface area contributed by atoms with Gasteiger partial charge in [-0.05, 0) is 43.7 Å². The van der Waals surface area contributed by atoms with Crippen molar-refractivity contribution in [3.8, 4) is 0 Å². The highest BCUT2D eigenvalue weighted by Crippen LogP contribution is 2.18. The molecule has 0 heterocycles. The van der Waals surface area contributed by atoms with Gasteiger partial charge in [-0.2, -0.15) is 0 Å². The lowest BCUT2D eigenvalue weighted by Gasteiger charge is -2.21. The number of amides is 2. The first-order chi connectivity index (χ1) is 13.3. The van der Waals surface area contributed by atoms with Crippen LogP contribution in [0.25, 0.3) is 6.08 Å². The van der Waals surface area contributed by atoms with Crippen LogP contribution in [0, 0.1) is 10.1 Å². The molecular weight excluding hydrogens is 358 g/mol. The molecule has 0 radical (unpaired) electrons. The molecule has 0 saturated carbocycles. The first-order valence-corrected chi connectivity index (χ1v) is 8.85. The van der Waals surface area contributed by atoms with Crippen molar-refractivity contribution in [1.29, 1.82) is 0 Å². The molecule has 0 aromatic heterocycles. The third-order valence-electron chi connectivity index (χ3n) is 4.31. The van der Waals surface area contributed by atoms with Gasteiger partial charge in [0.05, 0.1) is 10.5 Å². The van der Waals surface area contributed by atoms with Crippen molar-refractivity contribution >= 4 is 23.6 Å². The molecule has 0 aliphatic carbocycles. The van der Waals surface area contributed by atoms with Crippen LogP contribution >= 0.6 is 0 Å². The van der Waals surface area contributed by atoms with Crippen LogP contribution in [0.2, 0.25) is 0 Å². The topological polar surface area (TPSA) is 92.6 Å². The first-order valence-electron chi connectivity index (χ1n) is 8.85. The lowest BCUT2D eigenvalue weighted by atomic mass is 10.1. The zero-order chi connectivity index (χ0) is 20.7. The van der Waals surface area contributed by atoms with E-state index in [1.165, 1.54) is 18.2 Å². The van der Waals surface area contributed by atoms with Gasteiger partial charge in [0.25, 0.3) is 11.6 Å². The summed E-state index contributed by atoms with van der Waals surface area (Å²) >= 11 is 0. The van der Waals surface area contributed by atoms with Gasteiger partial charge in [-0.1, -0.05) is 24.3 Å². The number of para-hydroxylation sites is 1. The summed E-state index contributed by atoms with van der Waals surface area (Å²) in [6, 6.07) is 13.3. The third kappa shape index (κ3) is 5.51. The van der Waals surface area contributed by atoms with E-state index in [-0.39, 0.29) is 30.1 Å². The van der Waals surface area contributed by atoms with Gasteiger partial charge < -0.3 is 10.2 Å². The van der Waals surface area contributed by atoms with Crippen molar-refractivity contribution in [3.63, 3.8) is 0 Å². The maximum absolute atomic E-state index is 12.3. The van der Waals surface area contributed by atoms with Crippen LogP contribution in [-0.2, 0) is 11.3 Å². The summed E-state index contributed by atoms with van der Waals surface area (Å²) in [6.07, 6.45) is 2.68. The molecule has 0 spiro atoms. The zero-order valence-corrected chi connectivity index (χ0v) is 16.1. The highest BCUT2D eigenvalue weighted by atomic mass is 16.6. The monoisotopic (exact) mass is 381 g/mol. The van der Waals surface area contributed by atoms with E-state index in [1.807, 2.05) is 13.8 Å². The molecule has 146 valence electrons. The fraction of sp³-hybridized carbons (Fsp3) is 0.238. The molecule has 0 saturated heterocycles. The number of nitrogens with one attached hydrogen (secondary N) is 1. The molecule has 7 heteroatoms. The van der Waals surface area contributed by atoms with E-state index in [0.717, 1.165) is 5.56 Å². The Labute approximate surface area is 163 Å². The Balaban J connectivity index is 1.95. The van der Waals surface area contributed by atoms with Crippen molar-refractivity contribution in [2.24, 2.45) is 0 Å². The minimum Gasteiger partial charge on any atom is -0.348 e. The molecular formula is C21H23N3O4. The number of hydrogen-bond donors (Lipinski definition) is 1. The van der Waals surface area contributed by atoms with Gasteiger partial charge in [-0.15, -0.1) is 0 Å². The second-order valence-corrected chi connectivity index (χ2v) is 6.57. The van der Waals surface area contributed by atoms with E-state index in [4.69, 9.17) is 0 Å². The molecule has 0 bridgehead atoms. The SMILES string of the molecule is CC(C)N(C)C(=O)c1ccc(CNC(=O)/C=C/c2ccccc2[N+](=O)[O-])cc1. The molecule has 1 N–H and O–H groups in total. The van der Waals surface area contributed by atoms with Crippen LogP contribution in [0.4, 0.5) is 5.69 Å². The van der Waals surface area contributed by atoms with Gasteiger partial charge in [0.1, 0.15) is 0 Å².